The summed E-state index contributed by atoms with van der Waals surface area (Å²) in [6, 6.07) is 3.77. The summed E-state index contributed by atoms with van der Waals surface area (Å²) >= 11 is 0. The fourth-order valence-corrected chi connectivity index (χ4v) is 3.49. The third kappa shape index (κ3) is 7.43. The topological polar surface area (TPSA) is 125 Å². The van der Waals surface area contributed by atoms with Crippen molar-refractivity contribution in [2.75, 3.05) is 31.5 Å². The maximum absolute atomic E-state index is 12.5. The average Bonchev–Trinajstić information content (AvgIpc) is 3.00. The quantitative estimate of drug-likeness (QED) is 0.676. The standard InChI is InChI=1S/C19H21F3N4O4S.H2O.H2/c1-31(28)16-7-13(6-15(8-16)30-19(20,21)22)9-23-18-24-10-14(11-25-18)17(27)26-4-2-3-5-29-12-26;;/h6-8,10-11H,2-5,9,12H2,1H3,(H,23,24,25);1H2;1H. The molecular formula is C19H25F3N4O5S. The molecule has 13 heteroatoms. The van der Waals surface area contributed by atoms with Gasteiger partial charge in [0.1, 0.15) is 12.5 Å². The number of carbonyl (C=O) groups excluding carboxylic acids is 1. The van der Waals surface area contributed by atoms with E-state index < -0.39 is 22.9 Å². The number of hydrogen-bond donors (Lipinski definition) is 1. The Labute approximate surface area is 186 Å². The Kier molecular flexibility index (Phi) is 8.92. The van der Waals surface area contributed by atoms with Crippen LogP contribution in [0, 0.1) is 0 Å². The summed E-state index contributed by atoms with van der Waals surface area (Å²) in [4.78, 5) is 22.5. The van der Waals surface area contributed by atoms with Gasteiger partial charge in [-0.15, -0.1) is 13.2 Å². The van der Waals surface area contributed by atoms with Crippen LogP contribution >= 0.6 is 0 Å². The fraction of sp³-hybridized carbons (Fsp3) is 0.421. The summed E-state index contributed by atoms with van der Waals surface area (Å²) in [6.07, 6.45) is 0.997. The van der Waals surface area contributed by atoms with Gasteiger partial charge in [-0.2, -0.15) is 0 Å². The number of rotatable bonds is 6. The molecule has 1 amide bonds. The normalized spacial score (nSPS) is 15.3. The monoisotopic (exact) mass is 478 g/mol. The number of benzene rings is 1. The number of aromatic nitrogens is 2. The molecule has 1 fully saturated rings. The van der Waals surface area contributed by atoms with E-state index in [0.29, 0.717) is 24.3 Å². The lowest BCUT2D eigenvalue weighted by atomic mass is 10.2. The molecule has 2 heterocycles. The highest BCUT2D eigenvalue weighted by Crippen LogP contribution is 2.26. The van der Waals surface area contributed by atoms with Crippen LogP contribution in [0.1, 0.15) is 30.2 Å². The molecule has 32 heavy (non-hydrogen) atoms. The van der Waals surface area contributed by atoms with Crippen molar-refractivity contribution in [3.63, 3.8) is 0 Å². The van der Waals surface area contributed by atoms with Gasteiger partial charge in [-0.05, 0) is 36.6 Å². The number of halogens is 3. The molecule has 0 bridgehead atoms. The van der Waals surface area contributed by atoms with Crippen LogP contribution < -0.4 is 10.1 Å². The zero-order valence-corrected chi connectivity index (χ0v) is 18.0. The first-order chi connectivity index (χ1) is 14.7. The lowest BCUT2D eigenvalue weighted by Crippen LogP contribution is -2.32. The van der Waals surface area contributed by atoms with Crippen molar-refractivity contribution < 1.29 is 38.6 Å². The predicted octanol–water partition coefficient (Wildman–Crippen LogP) is 2.36. The van der Waals surface area contributed by atoms with Gasteiger partial charge in [0.25, 0.3) is 5.91 Å². The van der Waals surface area contributed by atoms with Crippen molar-refractivity contribution in [3.8, 4) is 5.75 Å². The van der Waals surface area contributed by atoms with Crippen molar-refractivity contribution in [2.45, 2.75) is 30.6 Å². The molecule has 1 aliphatic rings. The molecule has 0 radical (unpaired) electrons. The predicted molar refractivity (Wildman–Crippen MR) is 112 cm³/mol. The van der Waals surface area contributed by atoms with E-state index in [1.807, 2.05) is 0 Å². The van der Waals surface area contributed by atoms with Gasteiger partial charge < -0.3 is 25.2 Å². The van der Waals surface area contributed by atoms with Crippen LogP contribution in [0.2, 0.25) is 0 Å². The van der Waals surface area contributed by atoms with E-state index >= 15 is 0 Å². The number of ether oxygens (including phenoxy) is 2. The smallest absolute Gasteiger partial charge is 0.412 e. The Bertz CT molecular complexity index is 942. The summed E-state index contributed by atoms with van der Waals surface area (Å²) in [5, 5.41) is 2.87. The van der Waals surface area contributed by atoms with Crippen LogP contribution in [-0.2, 0) is 22.1 Å². The van der Waals surface area contributed by atoms with Gasteiger partial charge in [0.05, 0.1) is 5.56 Å². The average molecular weight is 478 g/mol. The Morgan fingerprint density at radius 3 is 2.66 bits per heavy atom. The summed E-state index contributed by atoms with van der Waals surface area (Å²) in [5.74, 6) is -0.510. The van der Waals surface area contributed by atoms with Crippen LogP contribution in [0.5, 0.6) is 5.75 Å². The van der Waals surface area contributed by atoms with E-state index in [1.54, 1.807) is 4.90 Å². The van der Waals surface area contributed by atoms with E-state index in [1.165, 1.54) is 30.8 Å². The highest BCUT2D eigenvalue weighted by Gasteiger charge is 2.31. The van der Waals surface area contributed by atoms with Crippen LogP contribution in [0.25, 0.3) is 0 Å². The highest BCUT2D eigenvalue weighted by molar-refractivity contribution is 7.84. The minimum Gasteiger partial charge on any atom is -0.412 e. The lowest BCUT2D eigenvalue weighted by Gasteiger charge is -2.19. The molecule has 0 saturated carbocycles. The molecule has 3 N–H and O–H groups in total. The zero-order valence-electron chi connectivity index (χ0n) is 17.1. The van der Waals surface area contributed by atoms with Gasteiger partial charge in [-0.1, -0.05) is 0 Å². The number of alkyl halides is 3. The van der Waals surface area contributed by atoms with Gasteiger partial charge in [0, 0.05) is 55.5 Å². The molecule has 0 aliphatic carbocycles. The third-order valence-electron chi connectivity index (χ3n) is 4.36. The zero-order chi connectivity index (χ0) is 22.4. The molecule has 178 valence electrons. The second-order valence-corrected chi connectivity index (χ2v) is 8.16. The number of hydrogen-bond acceptors (Lipinski definition) is 7. The molecule has 1 aliphatic heterocycles. The maximum Gasteiger partial charge on any atom is 0.573 e. The number of anilines is 1. The van der Waals surface area contributed by atoms with Gasteiger partial charge in [-0.25, -0.2) is 9.97 Å². The van der Waals surface area contributed by atoms with E-state index in [4.69, 9.17) is 4.74 Å². The summed E-state index contributed by atoms with van der Waals surface area (Å²) in [5.41, 5.74) is 0.706. The number of amides is 1. The minimum atomic E-state index is -4.86. The lowest BCUT2D eigenvalue weighted by molar-refractivity contribution is -0.274. The SMILES string of the molecule is CS(=O)c1cc(CNc2ncc(C(=O)N3CCCCOC3)cn2)cc(OC(F)(F)F)c1.O.[HH]. The molecule has 1 saturated heterocycles. The van der Waals surface area contributed by atoms with Crippen LogP contribution in [0.15, 0.2) is 35.5 Å². The largest absolute Gasteiger partial charge is 0.573 e. The molecule has 1 unspecified atom stereocenters. The Morgan fingerprint density at radius 1 is 1.28 bits per heavy atom. The molecule has 3 rings (SSSR count). The molecule has 2 aromatic rings. The maximum atomic E-state index is 12.5. The first-order valence-corrected chi connectivity index (χ1v) is 10.9. The van der Waals surface area contributed by atoms with E-state index in [0.717, 1.165) is 18.9 Å². The first-order valence-electron chi connectivity index (χ1n) is 9.37. The van der Waals surface area contributed by atoms with Crippen molar-refractivity contribution in [1.82, 2.24) is 14.9 Å². The molecular weight excluding hydrogens is 453 g/mol. The van der Waals surface area contributed by atoms with E-state index in [9.17, 15) is 22.2 Å². The van der Waals surface area contributed by atoms with Crippen LogP contribution in [0.4, 0.5) is 19.1 Å². The molecule has 1 atom stereocenters. The Morgan fingerprint density at radius 2 is 2.00 bits per heavy atom. The van der Waals surface area contributed by atoms with E-state index in [-0.39, 0.29) is 36.9 Å². The summed E-state index contributed by atoms with van der Waals surface area (Å²) in [6.45, 7) is 1.49. The van der Waals surface area contributed by atoms with Crippen molar-refractivity contribution in [1.29, 1.82) is 0 Å². The second-order valence-electron chi connectivity index (χ2n) is 6.78. The van der Waals surface area contributed by atoms with Gasteiger partial charge in [-0.3, -0.25) is 9.00 Å². The number of nitrogens with zero attached hydrogens (tertiary/aromatic N) is 3. The molecule has 1 aromatic heterocycles. The van der Waals surface area contributed by atoms with Gasteiger partial charge in [0.15, 0.2) is 0 Å². The summed E-state index contributed by atoms with van der Waals surface area (Å²) in [7, 11) is -1.50. The number of carbonyl (C=O) groups is 1. The van der Waals surface area contributed by atoms with Crippen LogP contribution in [0.3, 0.4) is 0 Å². The fourth-order valence-electron chi connectivity index (χ4n) is 2.89. The van der Waals surface area contributed by atoms with Gasteiger partial charge >= 0.3 is 6.36 Å². The van der Waals surface area contributed by atoms with E-state index in [2.05, 4.69) is 20.0 Å². The first kappa shape index (κ1) is 25.5. The Hall–Kier alpha value is -2.77. The second kappa shape index (κ2) is 11.2. The molecule has 0 spiro atoms. The highest BCUT2D eigenvalue weighted by atomic mass is 32.2. The van der Waals surface area contributed by atoms with Gasteiger partial charge in [0.2, 0.25) is 5.95 Å². The van der Waals surface area contributed by atoms with Crippen molar-refractivity contribution >= 4 is 22.7 Å². The minimum absolute atomic E-state index is 0. The van der Waals surface area contributed by atoms with Crippen molar-refractivity contribution in [3.05, 3.63) is 41.7 Å². The summed E-state index contributed by atoms with van der Waals surface area (Å²) < 4.78 is 58.7. The third-order valence-corrected chi connectivity index (χ3v) is 5.26. The molecule has 9 nitrogen and oxygen atoms in total. The molecule has 1 aromatic carbocycles. The number of nitrogens with one attached hydrogen (secondary N) is 1. The van der Waals surface area contributed by atoms with Crippen LogP contribution in [-0.4, -0.2) is 63.0 Å². The Balaban J connectivity index is 0.00000272. The van der Waals surface area contributed by atoms with Crippen molar-refractivity contribution in [2.24, 2.45) is 0 Å².